The highest BCUT2D eigenvalue weighted by Crippen LogP contribution is 2.27. The third kappa shape index (κ3) is 4.23. The van der Waals surface area contributed by atoms with Gasteiger partial charge in [-0.25, -0.2) is 4.98 Å². The fourth-order valence-corrected chi connectivity index (χ4v) is 3.98. The number of ketones is 1. The van der Waals surface area contributed by atoms with E-state index in [4.69, 9.17) is 4.74 Å². The van der Waals surface area contributed by atoms with Crippen LogP contribution in [0, 0.1) is 0 Å². The molecule has 2 heterocycles. The monoisotopic (exact) mass is 451 g/mol. The molecule has 1 unspecified atom stereocenters. The number of ether oxygens (including phenoxy) is 1. The van der Waals surface area contributed by atoms with Gasteiger partial charge < -0.3 is 14.7 Å². The van der Waals surface area contributed by atoms with Gasteiger partial charge in [-0.3, -0.25) is 14.4 Å². The number of Topliss-reactive ketones (excluding diaryl/α,β-unsaturated/α-hetero) is 1. The number of aromatic nitrogens is 3. The lowest BCUT2D eigenvalue weighted by Gasteiger charge is -2.17. The van der Waals surface area contributed by atoms with Gasteiger partial charge in [0.2, 0.25) is 5.78 Å². The van der Waals surface area contributed by atoms with E-state index >= 15 is 0 Å². The number of esters is 1. The Labute approximate surface area is 194 Å². The first-order valence-corrected chi connectivity index (χ1v) is 10.9. The van der Waals surface area contributed by atoms with Gasteiger partial charge in [0.25, 0.3) is 5.56 Å². The zero-order valence-corrected chi connectivity index (χ0v) is 18.2. The van der Waals surface area contributed by atoms with Gasteiger partial charge in [-0.05, 0) is 18.2 Å². The number of para-hydroxylation sites is 2. The van der Waals surface area contributed by atoms with Crippen LogP contribution in [0.2, 0.25) is 0 Å². The minimum atomic E-state index is -1.09. The number of rotatable bonds is 7. The van der Waals surface area contributed by atoms with Crippen molar-refractivity contribution in [3.63, 3.8) is 0 Å². The summed E-state index contributed by atoms with van der Waals surface area (Å²) in [5.74, 6) is -0.480. The van der Waals surface area contributed by atoms with Gasteiger partial charge in [0.1, 0.15) is 5.82 Å². The Morgan fingerprint density at radius 2 is 1.59 bits per heavy atom. The van der Waals surface area contributed by atoms with E-state index in [2.05, 4.69) is 15.0 Å². The van der Waals surface area contributed by atoms with E-state index in [1.165, 1.54) is 0 Å². The number of nitrogens with one attached hydrogen (secondary N) is 2. The van der Waals surface area contributed by atoms with Crippen molar-refractivity contribution in [1.29, 1.82) is 0 Å². The van der Waals surface area contributed by atoms with Crippen molar-refractivity contribution in [2.45, 2.75) is 18.9 Å². The Hall–Kier alpha value is -4.52. The topological polar surface area (TPSA) is 105 Å². The number of hydrogen-bond donors (Lipinski definition) is 2. The SMILES string of the molecule is O=C(CCc1nc2ccccc2c(=O)[nH]1)OC(C(=O)c1c[nH]c2ccccc12)c1ccccc1. The Morgan fingerprint density at radius 1 is 0.882 bits per heavy atom. The van der Waals surface area contributed by atoms with E-state index in [1.807, 2.05) is 30.3 Å². The van der Waals surface area contributed by atoms with Gasteiger partial charge in [-0.2, -0.15) is 0 Å². The van der Waals surface area contributed by atoms with Crippen LogP contribution in [0.3, 0.4) is 0 Å². The second-order valence-corrected chi connectivity index (χ2v) is 7.92. The molecule has 0 aliphatic rings. The molecule has 7 nitrogen and oxygen atoms in total. The second kappa shape index (κ2) is 9.15. The van der Waals surface area contributed by atoms with E-state index in [0.717, 1.165) is 10.9 Å². The average Bonchev–Trinajstić information content (AvgIpc) is 3.30. The fraction of sp³-hybridized carbons (Fsp3) is 0.111. The zero-order chi connectivity index (χ0) is 23.5. The minimum Gasteiger partial charge on any atom is -0.449 e. The summed E-state index contributed by atoms with van der Waals surface area (Å²) in [5.41, 5.74) is 2.17. The molecule has 0 saturated heterocycles. The highest BCUT2D eigenvalue weighted by atomic mass is 16.5. The smallest absolute Gasteiger partial charge is 0.307 e. The van der Waals surface area contributed by atoms with Gasteiger partial charge in [0.05, 0.1) is 17.3 Å². The highest BCUT2D eigenvalue weighted by Gasteiger charge is 2.28. The molecule has 0 aliphatic carbocycles. The van der Waals surface area contributed by atoms with Crippen molar-refractivity contribution in [3.8, 4) is 0 Å². The van der Waals surface area contributed by atoms with E-state index in [-0.39, 0.29) is 24.2 Å². The lowest BCUT2D eigenvalue weighted by atomic mass is 9.99. The van der Waals surface area contributed by atoms with Crippen LogP contribution in [0.1, 0.15) is 34.3 Å². The molecule has 0 radical (unpaired) electrons. The molecule has 0 bridgehead atoms. The summed E-state index contributed by atoms with van der Waals surface area (Å²) in [6.07, 6.45) is 0.699. The molecule has 0 amide bonds. The standard InChI is InChI=1S/C27H21N3O4/c31-24(15-14-23-29-22-13-7-5-11-19(22)27(33)30-23)34-26(17-8-2-1-3-9-17)25(32)20-16-28-21-12-6-4-10-18(20)21/h1-13,16,26,28H,14-15H2,(H,29,30,33). The summed E-state index contributed by atoms with van der Waals surface area (Å²) >= 11 is 0. The maximum absolute atomic E-state index is 13.5. The first-order chi connectivity index (χ1) is 16.6. The van der Waals surface area contributed by atoms with E-state index in [1.54, 1.807) is 54.7 Å². The van der Waals surface area contributed by atoms with Gasteiger partial charge in [0, 0.05) is 34.6 Å². The fourth-order valence-electron chi connectivity index (χ4n) is 3.98. The van der Waals surface area contributed by atoms with Crippen LogP contribution in [0.25, 0.3) is 21.8 Å². The van der Waals surface area contributed by atoms with Crippen molar-refractivity contribution < 1.29 is 14.3 Å². The van der Waals surface area contributed by atoms with Crippen molar-refractivity contribution in [1.82, 2.24) is 15.0 Å². The van der Waals surface area contributed by atoms with E-state index < -0.39 is 12.1 Å². The van der Waals surface area contributed by atoms with Crippen LogP contribution in [0.5, 0.6) is 0 Å². The van der Waals surface area contributed by atoms with Crippen LogP contribution in [-0.4, -0.2) is 26.7 Å². The third-order valence-electron chi connectivity index (χ3n) is 5.67. The summed E-state index contributed by atoms with van der Waals surface area (Å²) < 4.78 is 5.69. The highest BCUT2D eigenvalue weighted by molar-refractivity contribution is 6.10. The number of carbonyl (C=O) groups is 2. The van der Waals surface area contributed by atoms with E-state index in [0.29, 0.717) is 27.9 Å². The van der Waals surface area contributed by atoms with Crippen molar-refractivity contribution in [3.05, 3.63) is 112 Å². The Balaban J connectivity index is 1.37. The van der Waals surface area contributed by atoms with Crippen LogP contribution in [0.4, 0.5) is 0 Å². The Bertz CT molecular complexity index is 1550. The van der Waals surface area contributed by atoms with Gasteiger partial charge in [0.15, 0.2) is 6.10 Å². The minimum absolute atomic E-state index is 0.0359. The Kier molecular flexibility index (Phi) is 5.74. The first kappa shape index (κ1) is 21.3. The number of fused-ring (bicyclic) bond motifs is 2. The summed E-state index contributed by atoms with van der Waals surface area (Å²) in [5, 5.41) is 1.25. The van der Waals surface area contributed by atoms with Crippen molar-refractivity contribution >= 4 is 33.6 Å². The molecular weight excluding hydrogens is 430 g/mol. The maximum atomic E-state index is 13.5. The molecule has 7 heteroatoms. The summed E-state index contributed by atoms with van der Waals surface area (Å²) in [6, 6.07) is 23.4. The van der Waals surface area contributed by atoms with Crippen molar-refractivity contribution in [2.24, 2.45) is 0 Å². The lowest BCUT2D eigenvalue weighted by molar-refractivity contribution is -0.147. The van der Waals surface area contributed by atoms with Gasteiger partial charge >= 0.3 is 5.97 Å². The van der Waals surface area contributed by atoms with Gasteiger partial charge in [-0.1, -0.05) is 60.7 Å². The summed E-state index contributed by atoms with van der Waals surface area (Å²) in [7, 11) is 0. The molecule has 168 valence electrons. The van der Waals surface area contributed by atoms with Crippen LogP contribution >= 0.6 is 0 Å². The van der Waals surface area contributed by atoms with Crippen molar-refractivity contribution in [2.75, 3.05) is 0 Å². The molecular formula is C27H21N3O4. The van der Waals surface area contributed by atoms with Crippen LogP contribution in [0.15, 0.2) is 89.9 Å². The molecule has 0 saturated carbocycles. The number of aryl methyl sites for hydroxylation is 1. The average molecular weight is 451 g/mol. The van der Waals surface area contributed by atoms with Crippen LogP contribution < -0.4 is 5.56 Å². The molecule has 0 fully saturated rings. The second-order valence-electron chi connectivity index (χ2n) is 7.92. The molecule has 34 heavy (non-hydrogen) atoms. The number of carbonyl (C=O) groups excluding carboxylic acids is 2. The normalized spacial score (nSPS) is 12.0. The zero-order valence-electron chi connectivity index (χ0n) is 18.2. The molecule has 2 N–H and O–H groups in total. The number of aromatic amines is 2. The molecule has 2 aromatic heterocycles. The number of nitrogens with zero attached hydrogens (tertiary/aromatic N) is 1. The van der Waals surface area contributed by atoms with Gasteiger partial charge in [-0.15, -0.1) is 0 Å². The molecule has 1 atom stereocenters. The largest absolute Gasteiger partial charge is 0.449 e. The molecule has 0 aliphatic heterocycles. The predicted molar refractivity (Wildman–Crippen MR) is 129 cm³/mol. The summed E-state index contributed by atoms with van der Waals surface area (Å²) in [6.45, 7) is 0. The number of hydrogen-bond acceptors (Lipinski definition) is 5. The lowest BCUT2D eigenvalue weighted by Crippen LogP contribution is -2.21. The molecule has 0 spiro atoms. The number of H-pyrrole nitrogens is 2. The molecule has 5 aromatic rings. The summed E-state index contributed by atoms with van der Waals surface area (Å²) in [4.78, 5) is 48.7. The molecule has 5 rings (SSSR count). The predicted octanol–water partition coefficient (Wildman–Crippen LogP) is 4.50. The number of benzene rings is 3. The van der Waals surface area contributed by atoms with Crippen LogP contribution in [-0.2, 0) is 16.0 Å². The third-order valence-corrected chi connectivity index (χ3v) is 5.67. The molecule has 3 aromatic carbocycles. The van der Waals surface area contributed by atoms with E-state index in [9.17, 15) is 14.4 Å². The quantitative estimate of drug-likeness (QED) is 0.280. The maximum Gasteiger partial charge on any atom is 0.307 e. The first-order valence-electron chi connectivity index (χ1n) is 10.9. The Morgan fingerprint density at radius 3 is 2.41 bits per heavy atom.